The molecule has 2 atom stereocenters. The molecule has 1 aliphatic carbocycles. The molecule has 0 fully saturated rings. The molecule has 0 aromatic heterocycles. The van der Waals surface area contributed by atoms with Crippen molar-refractivity contribution in [3.8, 4) is 24.0 Å². The first-order valence-electron chi connectivity index (χ1n) is 10.4. The van der Waals surface area contributed by atoms with Gasteiger partial charge < -0.3 is 10.5 Å². The van der Waals surface area contributed by atoms with E-state index in [4.69, 9.17) is 10.5 Å². The number of ether oxygens (including phenoxy) is 1. The Balaban J connectivity index is 1.85. The number of rotatable bonds is 4. The second kappa shape index (κ2) is 8.60. The lowest BCUT2D eigenvalue weighted by Crippen LogP contribution is -2.47. The summed E-state index contributed by atoms with van der Waals surface area (Å²) in [4.78, 5) is 2.27. The van der Waals surface area contributed by atoms with Crippen molar-refractivity contribution < 1.29 is 4.74 Å². The van der Waals surface area contributed by atoms with Gasteiger partial charge in [0.25, 0.3) is 0 Å². The molecule has 2 N–H and O–H groups in total. The van der Waals surface area contributed by atoms with Crippen LogP contribution in [0.25, 0.3) is 0 Å². The zero-order valence-corrected chi connectivity index (χ0v) is 17.8. The first-order chi connectivity index (χ1) is 15.6. The number of hydrogen-bond acceptors (Lipinski definition) is 6. The minimum absolute atomic E-state index is 0.0387. The Morgan fingerprint density at radius 3 is 2.50 bits per heavy atom. The van der Waals surface area contributed by atoms with Gasteiger partial charge in [0.2, 0.25) is 0 Å². The molecule has 6 nitrogen and oxygen atoms in total. The molecule has 1 heterocycles. The summed E-state index contributed by atoms with van der Waals surface area (Å²) in [5.41, 5.74) is 7.84. The summed E-state index contributed by atoms with van der Waals surface area (Å²) in [7, 11) is 1.58. The van der Waals surface area contributed by atoms with Gasteiger partial charge in [-0.2, -0.15) is 15.8 Å². The van der Waals surface area contributed by atoms with Crippen LogP contribution in [0.1, 0.15) is 17.0 Å². The third-order valence-corrected chi connectivity index (χ3v) is 6.44. The molecule has 0 radical (unpaired) electrons. The predicted octanol–water partition coefficient (Wildman–Crippen LogP) is 3.62. The van der Waals surface area contributed by atoms with E-state index in [0.29, 0.717) is 18.8 Å². The van der Waals surface area contributed by atoms with E-state index in [1.807, 2.05) is 48.5 Å². The molecule has 0 amide bonds. The maximum atomic E-state index is 10.2. The molecule has 4 rings (SSSR count). The molecule has 0 bridgehead atoms. The van der Waals surface area contributed by atoms with Crippen LogP contribution in [0, 0.1) is 45.3 Å². The predicted molar refractivity (Wildman–Crippen MR) is 120 cm³/mol. The smallest absolute Gasteiger partial charge is 0.191 e. The van der Waals surface area contributed by atoms with Crippen LogP contribution >= 0.6 is 0 Å². The van der Waals surface area contributed by atoms with Gasteiger partial charge in [-0.05, 0) is 28.8 Å². The summed E-state index contributed by atoms with van der Waals surface area (Å²) in [6, 6.07) is 24.1. The summed E-state index contributed by atoms with van der Waals surface area (Å²) < 4.78 is 5.40. The number of allylic oxidation sites excluding steroid dienone is 2. The van der Waals surface area contributed by atoms with Crippen molar-refractivity contribution >= 4 is 0 Å². The maximum absolute atomic E-state index is 10.2. The van der Waals surface area contributed by atoms with Gasteiger partial charge in [-0.15, -0.1) is 0 Å². The SMILES string of the molecule is COc1cccc([C@@H]2[C@H]3CN(Cc4ccccc4)CC=C3C(C#N)=C(N)C2(C#N)C#N)c1. The van der Waals surface area contributed by atoms with Crippen molar-refractivity contribution in [2.24, 2.45) is 17.1 Å². The average Bonchev–Trinajstić information content (AvgIpc) is 2.84. The van der Waals surface area contributed by atoms with Crippen molar-refractivity contribution in [2.45, 2.75) is 12.5 Å². The number of benzene rings is 2. The van der Waals surface area contributed by atoms with Gasteiger partial charge in [0.15, 0.2) is 5.41 Å². The second-order valence-electron chi connectivity index (χ2n) is 8.13. The van der Waals surface area contributed by atoms with Gasteiger partial charge in [0.1, 0.15) is 11.8 Å². The zero-order chi connectivity index (χ0) is 22.7. The largest absolute Gasteiger partial charge is 0.497 e. The summed E-state index contributed by atoms with van der Waals surface area (Å²) in [5.74, 6) is -0.126. The van der Waals surface area contributed by atoms with E-state index in [9.17, 15) is 15.8 Å². The molecule has 0 unspecified atom stereocenters. The Bertz CT molecular complexity index is 1200. The summed E-state index contributed by atoms with van der Waals surface area (Å²) in [6.45, 7) is 2.00. The Hall–Kier alpha value is -4.05. The standard InChI is InChI=1S/C26H23N5O/c1-32-20-9-5-8-19(12-20)24-23-15-31(14-18-6-3-2-4-7-18)11-10-21(23)22(13-27)25(30)26(24,16-28)17-29/h2-10,12,23-24H,11,14-15,30H2,1H3/t23-,24+/m0/s1. The van der Waals surface area contributed by atoms with E-state index in [2.05, 4.69) is 35.2 Å². The average molecular weight is 422 g/mol. The van der Waals surface area contributed by atoms with Crippen molar-refractivity contribution in [3.05, 3.63) is 88.6 Å². The molecule has 32 heavy (non-hydrogen) atoms. The molecule has 2 aromatic carbocycles. The van der Waals surface area contributed by atoms with Crippen LogP contribution in [0.4, 0.5) is 0 Å². The third-order valence-electron chi connectivity index (χ3n) is 6.44. The highest BCUT2D eigenvalue weighted by Gasteiger charge is 2.54. The lowest BCUT2D eigenvalue weighted by molar-refractivity contribution is 0.201. The number of methoxy groups -OCH3 is 1. The third kappa shape index (κ3) is 3.40. The molecule has 158 valence electrons. The Labute approximate surface area is 188 Å². The van der Waals surface area contributed by atoms with Crippen LogP contribution in [0.2, 0.25) is 0 Å². The topological polar surface area (TPSA) is 110 Å². The van der Waals surface area contributed by atoms with Gasteiger partial charge in [0, 0.05) is 31.5 Å². The minimum atomic E-state index is -1.64. The van der Waals surface area contributed by atoms with Crippen molar-refractivity contribution in [1.82, 2.24) is 4.90 Å². The fraction of sp³-hybridized carbons (Fsp3) is 0.269. The van der Waals surface area contributed by atoms with Crippen LogP contribution in [0.5, 0.6) is 5.75 Å². The molecular formula is C26H23N5O. The van der Waals surface area contributed by atoms with Crippen molar-refractivity contribution in [1.29, 1.82) is 15.8 Å². The monoisotopic (exact) mass is 421 g/mol. The first kappa shape index (κ1) is 21.2. The van der Waals surface area contributed by atoms with Crippen LogP contribution in [-0.2, 0) is 6.54 Å². The highest BCUT2D eigenvalue weighted by Crippen LogP contribution is 2.54. The van der Waals surface area contributed by atoms with E-state index in [0.717, 1.165) is 17.7 Å². The van der Waals surface area contributed by atoms with E-state index in [1.54, 1.807) is 7.11 Å². The summed E-state index contributed by atoms with van der Waals surface area (Å²) in [6.07, 6.45) is 2.02. The summed E-state index contributed by atoms with van der Waals surface area (Å²) >= 11 is 0. The normalized spacial score (nSPS) is 22.0. The molecule has 2 aromatic rings. The zero-order valence-electron chi connectivity index (χ0n) is 17.8. The lowest BCUT2D eigenvalue weighted by Gasteiger charge is -2.45. The summed E-state index contributed by atoms with van der Waals surface area (Å²) in [5, 5.41) is 30.3. The number of hydrogen-bond donors (Lipinski definition) is 1. The highest BCUT2D eigenvalue weighted by molar-refractivity contribution is 5.59. The molecule has 0 saturated heterocycles. The molecule has 2 aliphatic rings. The fourth-order valence-corrected chi connectivity index (χ4v) is 4.92. The van der Waals surface area contributed by atoms with Gasteiger partial charge in [-0.1, -0.05) is 48.5 Å². The molecule has 0 saturated carbocycles. The van der Waals surface area contributed by atoms with Crippen molar-refractivity contribution in [3.63, 3.8) is 0 Å². The number of fused-ring (bicyclic) bond motifs is 1. The molecule has 0 spiro atoms. The second-order valence-corrected chi connectivity index (χ2v) is 8.13. The van der Waals surface area contributed by atoms with Crippen LogP contribution in [0.3, 0.4) is 0 Å². The van der Waals surface area contributed by atoms with Gasteiger partial charge in [0.05, 0.1) is 30.5 Å². The van der Waals surface area contributed by atoms with Gasteiger partial charge in [-0.3, -0.25) is 4.90 Å². The van der Waals surface area contributed by atoms with Crippen molar-refractivity contribution in [2.75, 3.05) is 20.2 Å². The van der Waals surface area contributed by atoms with Crippen LogP contribution in [-0.4, -0.2) is 25.1 Å². The van der Waals surface area contributed by atoms with E-state index >= 15 is 0 Å². The molecular weight excluding hydrogens is 398 g/mol. The molecule has 1 aliphatic heterocycles. The Kier molecular flexibility index (Phi) is 5.69. The van der Waals surface area contributed by atoms with Crippen LogP contribution < -0.4 is 10.5 Å². The Morgan fingerprint density at radius 1 is 1.09 bits per heavy atom. The van der Waals surface area contributed by atoms with E-state index < -0.39 is 11.3 Å². The molecule has 6 heteroatoms. The van der Waals surface area contributed by atoms with Crippen LogP contribution in [0.15, 0.2) is 77.5 Å². The number of nitrogens with zero attached hydrogens (tertiary/aromatic N) is 4. The first-order valence-corrected chi connectivity index (χ1v) is 10.4. The lowest BCUT2D eigenvalue weighted by atomic mass is 9.58. The van der Waals surface area contributed by atoms with Gasteiger partial charge in [-0.25, -0.2) is 0 Å². The fourth-order valence-electron chi connectivity index (χ4n) is 4.92. The van der Waals surface area contributed by atoms with E-state index in [-0.39, 0.29) is 17.2 Å². The van der Waals surface area contributed by atoms with E-state index in [1.165, 1.54) is 5.56 Å². The maximum Gasteiger partial charge on any atom is 0.191 e. The minimum Gasteiger partial charge on any atom is -0.497 e. The van der Waals surface area contributed by atoms with Gasteiger partial charge >= 0.3 is 0 Å². The number of nitriles is 3. The highest BCUT2D eigenvalue weighted by atomic mass is 16.5. The number of nitrogens with two attached hydrogens (primary N) is 1. The Morgan fingerprint density at radius 2 is 1.84 bits per heavy atom. The quantitative estimate of drug-likeness (QED) is 0.807.